The Labute approximate surface area is 254 Å². The van der Waals surface area contributed by atoms with Crippen LogP contribution in [0.3, 0.4) is 0 Å². The third kappa shape index (κ3) is 5.31. The van der Waals surface area contributed by atoms with Crippen LogP contribution in [0.5, 0.6) is 0 Å². The number of carbonyl (C=O) groups excluding carboxylic acids is 1. The zero-order valence-corrected chi connectivity index (χ0v) is 27.2. The van der Waals surface area contributed by atoms with E-state index >= 15 is 0 Å². The van der Waals surface area contributed by atoms with Gasteiger partial charge in [0.05, 0.1) is 11.3 Å². The van der Waals surface area contributed by atoms with Crippen LogP contribution in [-0.2, 0) is 35.7 Å². The van der Waals surface area contributed by atoms with E-state index in [1.807, 2.05) is 11.3 Å². The van der Waals surface area contributed by atoms with Crippen molar-refractivity contribution >= 4 is 38.1 Å². The maximum Gasteiger partial charge on any atom is 0.155 e. The van der Waals surface area contributed by atoms with Gasteiger partial charge in [-0.3, -0.25) is 9.78 Å². The van der Waals surface area contributed by atoms with E-state index < -0.39 is 0 Å². The molecule has 1 radical (unpaired) electrons. The van der Waals surface area contributed by atoms with Crippen molar-refractivity contribution in [1.82, 2.24) is 4.98 Å². The van der Waals surface area contributed by atoms with Gasteiger partial charge in [-0.1, -0.05) is 82.6 Å². The fourth-order valence-corrected chi connectivity index (χ4v) is 7.13. The Morgan fingerprint density at radius 2 is 1.62 bits per heavy atom. The van der Waals surface area contributed by atoms with Gasteiger partial charge in [0.2, 0.25) is 0 Å². The molecule has 1 aliphatic carbocycles. The second-order valence-corrected chi connectivity index (χ2v) is 12.8. The molecular formula is C35H34IrNO2S-. The van der Waals surface area contributed by atoms with Crippen LogP contribution < -0.4 is 0 Å². The molecule has 0 unspecified atom stereocenters. The summed E-state index contributed by atoms with van der Waals surface area (Å²) in [5.41, 5.74) is 8.62. The van der Waals surface area contributed by atoms with Crippen LogP contribution >= 0.6 is 11.3 Å². The Balaban J connectivity index is 0.000000413. The van der Waals surface area contributed by atoms with E-state index in [0.717, 1.165) is 16.8 Å². The van der Waals surface area contributed by atoms with Crippen molar-refractivity contribution in [2.75, 3.05) is 0 Å². The molecule has 0 saturated heterocycles. The molecule has 1 N–H and O–H groups in total. The molecule has 5 aromatic rings. The number of benzene rings is 3. The van der Waals surface area contributed by atoms with Crippen molar-refractivity contribution in [2.24, 2.45) is 0 Å². The first-order valence-electron chi connectivity index (χ1n) is 13.3. The first-order chi connectivity index (χ1) is 18.4. The summed E-state index contributed by atoms with van der Waals surface area (Å²) in [6.07, 6.45) is 1.17. The minimum Gasteiger partial charge on any atom is -0.512 e. The van der Waals surface area contributed by atoms with Gasteiger partial charge < -0.3 is 5.11 Å². The molecular weight excluding hydrogens is 691 g/mol. The Morgan fingerprint density at radius 3 is 2.25 bits per heavy atom. The number of allylic oxidation sites excluding steroid dienone is 2. The topological polar surface area (TPSA) is 50.2 Å². The van der Waals surface area contributed by atoms with Crippen molar-refractivity contribution in [2.45, 2.75) is 59.3 Å². The van der Waals surface area contributed by atoms with Gasteiger partial charge in [-0.2, -0.15) is 0 Å². The first kappa shape index (κ1) is 29.9. The second-order valence-electron chi connectivity index (χ2n) is 11.8. The predicted molar refractivity (Wildman–Crippen MR) is 165 cm³/mol. The summed E-state index contributed by atoms with van der Waals surface area (Å²) in [7, 11) is 0. The van der Waals surface area contributed by atoms with Gasteiger partial charge in [-0.05, 0) is 59.0 Å². The number of hydrogen-bond acceptors (Lipinski definition) is 4. The fraction of sp³-hybridized carbons (Fsp3) is 0.257. The maximum absolute atomic E-state index is 10.0. The molecule has 40 heavy (non-hydrogen) atoms. The number of thiophene rings is 1. The van der Waals surface area contributed by atoms with Crippen LogP contribution in [0.2, 0.25) is 0 Å². The Hall–Kier alpha value is -3.11. The molecule has 5 heteroatoms. The van der Waals surface area contributed by atoms with Crippen LogP contribution in [0.1, 0.15) is 65.2 Å². The molecule has 6 rings (SSSR count). The normalized spacial score (nSPS) is 13.7. The van der Waals surface area contributed by atoms with E-state index in [0.29, 0.717) is 0 Å². The van der Waals surface area contributed by atoms with Crippen LogP contribution in [0, 0.1) is 6.07 Å². The van der Waals surface area contributed by atoms with Crippen molar-refractivity contribution in [3.05, 3.63) is 101 Å². The van der Waals surface area contributed by atoms with Crippen molar-refractivity contribution < 1.29 is 30.0 Å². The van der Waals surface area contributed by atoms with Crippen molar-refractivity contribution in [1.29, 1.82) is 0 Å². The summed E-state index contributed by atoms with van der Waals surface area (Å²) in [6.45, 7) is 14.4. The average Bonchev–Trinajstić information content (AvgIpc) is 3.36. The van der Waals surface area contributed by atoms with Gasteiger partial charge in [0.25, 0.3) is 0 Å². The largest absolute Gasteiger partial charge is 0.512 e. The summed E-state index contributed by atoms with van der Waals surface area (Å²) in [5, 5.41) is 11.0. The summed E-state index contributed by atoms with van der Waals surface area (Å²) < 4.78 is 1.37. The minimum atomic E-state index is -0.125. The number of nitrogens with zero attached hydrogens (tertiary/aromatic N) is 1. The number of aliphatic hydroxyl groups excluding tert-OH is 1. The monoisotopic (exact) mass is 725 g/mol. The van der Waals surface area contributed by atoms with Gasteiger partial charge in [0.1, 0.15) is 0 Å². The number of ketones is 1. The molecule has 2 aromatic heterocycles. The standard InChI is InChI=1S/C30H26NS.C5H8O2.Ir/c1-29(2,3)22-17-24(31-23-15-8-6-11-18(22)23)19-13-10-14-21-26(19)30(4,5)27-20-12-7-9-16-25(20)32-28(21)27;1-4(6)3-5(2)7;/h6-12,14-17H,1-5H3;3,6H,1-2H3;/q-1;;/b;4-3-;. The third-order valence-corrected chi connectivity index (χ3v) is 8.48. The zero-order valence-electron chi connectivity index (χ0n) is 24.0. The van der Waals surface area contributed by atoms with Gasteiger partial charge in [0, 0.05) is 41.1 Å². The summed E-state index contributed by atoms with van der Waals surface area (Å²) in [5.74, 6) is -0.0625. The van der Waals surface area contributed by atoms with E-state index in [9.17, 15) is 4.79 Å². The van der Waals surface area contributed by atoms with E-state index in [4.69, 9.17) is 10.1 Å². The number of hydrogen-bond donors (Lipinski definition) is 1. The first-order valence-corrected chi connectivity index (χ1v) is 14.1. The van der Waals surface area contributed by atoms with Crippen molar-refractivity contribution in [3.63, 3.8) is 0 Å². The number of para-hydroxylation sites is 1. The number of fused-ring (bicyclic) bond motifs is 6. The minimum absolute atomic E-state index is 0. The summed E-state index contributed by atoms with van der Waals surface area (Å²) >= 11 is 1.91. The van der Waals surface area contributed by atoms with Crippen LogP contribution in [-0.4, -0.2) is 15.9 Å². The molecule has 0 saturated carbocycles. The Kier molecular flexibility index (Phi) is 8.25. The molecule has 0 fully saturated rings. The molecule has 2 heterocycles. The fourth-order valence-electron chi connectivity index (χ4n) is 5.74. The Bertz CT molecular complexity index is 1770. The molecule has 0 amide bonds. The van der Waals surface area contributed by atoms with E-state index in [2.05, 4.69) is 107 Å². The number of aliphatic hydroxyl groups is 1. The molecule has 1 aliphatic rings. The molecule has 207 valence electrons. The van der Waals surface area contributed by atoms with E-state index in [1.165, 1.54) is 62.5 Å². The van der Waals surface area contributed by atoms with E-state index in [1.54, 1.807) is 0 Å². The van der Waals surface area contributed by atoms with Crippen LogP contribution in [0.4, 0.5) is 0 Å². The molecule has 0 spiro atoms. The predicted octanol–water partition coefficient (Wildman–Crippen LogP) is 9.56. The Morgan fingerprint density at radius 1 is 0.975 bits per heavy atom. The number of aromatic nitrogens is 1. The SMILES string of the molecule is CC(=O)/C=C(/C)O.CC(C)(C)c1cc(-c2[c-]ccc3c2C(C)(C)c2c-3sc3ccccc23)nc2ccccc12.[Ir]. The second kappa shape index (κ2) is 11.0. The molecule has 0 bridgehead atoms. The molecule has 0 aliphatic heterocycles. The van der Waals surface area contributed by atoms with Crippen molar-refractivity contribution in [3.8, 4) is 21.7 Å². The summed E-state index contributed by atoms with van der Waals surface area (Å²) in [6, 6.07) is 27.5. The van der Waals surface area contributed by atoms with Crippen LogP contribution in [0.25, 0.3) is 42.7 Å². The number of rotatable bonds is 2. The smallest absolute Gasteiger partial charge is 0.155 e. The van der Waals surface area contributed by atoms with Gasteiger partial charge >= 0.3 is 0 Å². The van der Waals surface area contributed by atoms with Gasteiger partial charge in [-0.15, -0.1) is 40.7 Å². The quantitative estimate of drug-likeness (QED) is 0.112. The molecule has 0 atom stereocenters. The van der Waals surface area contributed by atoms with Crippen LogP contribution in [0.15, 0.2) is 78.6 Å². The maximum atomic E-state index is 10.0. The summed E-state index contributed by atoms with van der Waals surface area (Å²) in [4.78, 5) is 16.6. The third-order valence-electron chi connectivity index (χ3n) is 7.28. The molecule has 3 aromatic carbocycles. The average molecular weight is 725 g/mol. The molecule has 3 nitrogen and oxygen atoms in total. The van der Waals surface area contributed by atoms with E-state index in [-0.39, 0.29) is 42.5 Å². The van der Waals surface area contributed by atoms with Gasteiger partial charge in [0.15, 0.2) is 5.78 Å². The van der Waals surface area contributed by atoms with Gasteiger partial charge in [-0.25, -0.2) is 0 Å². The number of carbonyl (C=O) groups is 1. The number of pyridine rings is 1. The zero-order chi connectivity index (χ0) is 28.1.